The van der Waals surface area contributed by atoms with Crippen molar-refractivity contribution < 1.29 is 18.3 Å². The van der Waals surface area contributed by atoms with Gasteiger partial charge in [0.25, 0.3) is 0 Å². The number of rotatable bonds is 5. The van der Waals surface area contributed by atoms with Crippen LogP contribution in [0, 0.1) is 19.7 Å². The van der Waals surface area contributed by atoms with Crippen LogP contribution in [0.5, 0.6) is 5.75 Å². The minimum Gasteiger partial charge on any atom is -0.496 e. The van der Waals surface area contributed by atoms with Crippen LogP contribution in [0.4, 0.5) is 10.1 Å². The summed E-state index contributed by atoms with van der Waals surface area (Å²) in [6.07, 6.45) is 3.26. The average Bonchev–Trinajstić information content (AvgIpc) is 3.30. The van der Waals surface area contributed by atoms with E-state index in [1.807, 2.05) is 32.0 Å². The predicted molar refractivity (Wildman–Crippen MR) is 144 cm³/mol. The molecule has 0 bridgehead atoms. The topological polar surface area (TPSA) is 51.5 Å². The van der Waals surface area contributed by atoms with Crippen molar-refractivity contribution in [2.45, 2.75) is 20.8 Å². The Balaban J connectivity index is 1.56. The summed E-state index contributed by atoms with van der Waals surface area (Å²) in [4.78, 5) is 12.7. The highest BCUT2D eigenvalue weighted by Crippen LogP contribution is 2.41. The van der Waals surface area contributed by atoms with Gasteiger partial charge in [0.05, 0.1) is 13.4 Å². The lowest BCUT2D eigenvalue weighted by molar-refractivity contribution is -0.111. The molecule has 0 saturated heterocycles. The standard InChI is InChI=1S/C31H26FNO3/c1-18-9-12-24(15-28(18)32)33-29(34)13-19(2)25-16-26-27(17-36-31(26)20(3)30(25)35-4)23-11-10-21-7-5-6-8-22(21)14-23/h5-17H,1-4H3,(H,33,34)/b19-13+. The van der Waals surface area contributed by atoms with E-state index < -0.39 is 0 Å². The minimum atomic E-state index is -0.363. The molecule has 5 heteroatoms. The molecule has 5 rings (SSSR count). The summed E-state index contributed by atoms with van der Waals surface area (Å²) in [7, 11) is 1.60. The number of fused-ring (bicyclic) bond motifs is 2. The van der Waals surface area contributed by atoms with Crippen LogP contribution in [0.1, 0.15) is 23.6 Å². The van der Waals surface area contributed by atoms with E-state index in [-0.39, 0.29) is 11.7 Å². The molecule has 0 radical (unpaired) electrons. The maximum Gasteiger partial charge on any atom is 0.248 e. The highest BCUT2D eigenvalue weighted by atomic mass is 19.1. The fourth-order valence-electron chi connectivity index (χ4n) is 4.58. The number of allylic oxidation sites excluding steroid dienone is 1. The number of hydrogen-bond acceptors (Lipinski definition) is 3. The number of hydrogen-bond donors (Lipinski definition) is 1. The van der Waals surface area contributed by atoms with Crippen LogP contribution in [0.3, 0.4) is 0 Å². The molecule has 4 aromatic carbocycles. The molecule has 0 aliphatic heterocycles. The van der Waals surface area contributed by atoms with Crippen molar-refractivity contribution in [3.8, 4) is 16.9 Å². The molecular weight excluding hydrogens is 453 g/mol. The maximum absolute atomic E-state index is 13.9. The van der Waals surface area contributed by atoms with Crippen molar-refractivity contribution in [1.29, 1.82) is 0 Å². The molecule has 1 aromatic heterocycles. The molecule has 0 fully saturated rings. The summed E-state index contributed by atoms with van der Waals surface area (Å²) in [5.74, 6) is -0.0697. The van der Waals surface area contributed by atoms with Gasteiger partial charge in [-0.05, 0) is 72.5 Å². The van der Waals surface area contributed by atoms with E-state index in [0.29, 0.717) is 22.6 Å². The lowest BCUT2D eigenvalue weighted by atomic mass is 9.95. The Hall–Kier alpha value is -4.38. The summed E-state index contributed by atoms with van der Waals surface area (Å²) >= 11 is 0. The number of halogens is 1. The molecule has 0 saturated carbocycles. The maximum atomic E-state index is 13.9. The van der Waals surface area contributed by atoms with Gasteiger partial charge in [-0.3, -0.25) is 4.79 Å². The number of carbonyl (C=O) groups excluding carboxylic acids is 1. The molecule has 4 nitrogen and oxygen atoms in total. The zero-order valence-corrected chi connectivity index (χ0v) is 20.6. The van der Waals surface area contributed by atoms with Gasteiger partial charge in [-0.2, -0.15) is 0 Å². The molecule has 0 aliphatic rings. The van der Waals surface area contributed by atoms with Crippen LogP contribution in [-0.2, 0) is 4.79 Å². The van der Waals surface area contributed by atoms with Gasteiger partial charge in [-0.15, -0.1) is 0 Å². The van der Waals surface area contributed by atoms with Crippen molar-refractivity contribution in [2.24, 2.45) is 0 Å². The van der Waals surface area contributed by atoms with E-state index in [9.17, 15) is 9.18 Å². The third-order valence-electron chi connectivity index (χ3n) is 6.52. The molecule has 1 amide bonds. The monoisotopic (exact) mass is 479 g/mol. The van der Waals surface area contributed by atoms with Crippen LogP contribution in [0.25, 0.3) is 38.4 Å². The molecule has 0 aliphatic carbocycles. The number of ether oxygens (including phenoxy) is 1. The van der Waals surface area contributed by atoms with E-state index >= 15 is 0 Å². The van der Waals surface area contributed by atoms with Crippen LogP contribution in [0.15, 0.2) is 83.5 Å². The summed E-state index contributed by atoms with van der Waals surface area (Å²) in [6.45, 7) is 5.48. The van der Waals surface area contributed by atoms with Gasteiger partial charge in [0, 0.05) is 33.8 Å². The third-order valence-corrected chi connectivity index (χ3v) is 6.52. The Labute approximate surface area is 209 Å². The first-order valence-corrected chi connectivity index (χ1v) is 11.7. The summed E-state index contributed by atoms with van der Waals surface area (Å²) < 4.78 is 25.6. The predicted octanol–water partition coefficient (Wildman–Crippen LogP) is 8.06. The van der Waals surface area contributed by atoms with Gasteiger partial charge in [0.2, 0.25) is 5.91 Å². The number of aryl methyl sites for hydroxylation is 2. The minimum absolute atomic E-state index is 0.350. The fourth-order valence-corrected chi connectivity index (χ4v) is 4.58. The molecule has 5 aromatic rings. The molecular formula is C31H26FNO3. The Morgan fingerprint density at radius 2 is 1.78 bits per heavy atom. The Morgan fingerprint density at radius 3 is 2.53 bits per heavy atom. The first-order valence-electron chi connectivity index (χ1n) is 11.7. The number of carbonyl (C=O) groups is 1. The molecule has 0 spiro atoms. The van der Waals surface area contributed by atoms with E-state index in [4.69, 9.17) is 9.15 Å². The van der Waals surface area contributed by atoms with Crippen LogP contribution < -0.4 is 10.1 Å². The van der Waals surface area contributed by atoms with Crippen molar-refractivity contribution in [3.63, 3.8) is 0 Å². The van der Waals surface area contributed by atoms with Gasteiger partial charge < -0.3 is 14.5 Å². The fraction of sp³-hybridized carbons (Fsp3) is 0.129. The van der Waals surface area contributed by atoms with Crippen LogP contribution in [-0.4, -0.2) is 13.0 Å². The molecule has 0 unspecified atom stereocenters. The quantitative estimate of drug-likeness (QED) is 0.259. The molecule has 1 N–H and O–H groups in total. The van der Waals surface area contributed by atoms with Gasteiger partial charge in [0.15, 0.2) is 0 Å². The third kappa shape index (κ3) is 4.24. The normalized spacial score (nSPS) is 11.8. The van der Waals surface area contributed by atoms with Crippen molar-refractivity contribution >= 4 is 38.9 Å². The summed E-state index contributed by atoms with van der Waals surface area (Å²) in [5, 5.41) is 5.99. The van der Waals surface area contributed by atoms with Crippen molar-refractivity contribution in [1.82, 2.24) is 0 Å². The highest BCUT2D eigenvalue weighted by molar-refractivity contribution is 6.06. The van der Waals surface area contributed by atoms with Crippen molar-refractivity contribution in [3.05, 3.63) is 102 Å². The Bertz CT molecular complexity index is 1660. The smallest absolute Gasteiger partial charge is 0.248 e. The number of amides is 1. The van der Waals surface area contributed by atoms with E-state index in [2.05, 4.69) is 35.6 Å². The summed E-state index contributed by atoms with van der Waals surface area (Å²) in [6, 6.07) is 21.2. The molecule has 36 heavy (non-hydrogen) atoms. The summed E-state index contributed by atoms with van der Waals surface area (Å²) in [5.41, 5.74) is 6.04. The van der Waals surface area contributed by atoms with E-state index in [1.54, 1.807) is 32.4 Å². The number of nitrogens with one attached hydrogen (secondary N) is 1. The van der Waals surface area contributed by atoms with Crippen LogP contribution >= 0.6 is 0 Å². The lowest BCUT2D eigenvalue weighted by Gasteiger charge is -2.13. The second-order valence-corrected chi connectivity index (χ2v) is 8.95. The number of anilines is 1. The molecule has 1 heterocycles. The SMILES string of the molecule is COc1c(/C(C)=C/C(=O)Nc2ccc(C)c(F)c2)cc2c(-c3ccc4ccccc4c3)coc2c1C. The molecule has 180 valence electrons. The van der Waals surface area contributed by atoms with Gasteiger partial charge in [-0.25, -0.2) is 4.39 Å². The van der Waals surface area contributed by atoms with Gasteiger partial charge in [0.1, 0.15) is 17.1 Å². The van der Waals surface area contributed by atoms with Gasteiger partial charge >= 0.3 is 0 Å². The second-order valence-electron chi connectivity index (χ2n) is 8.95. The van der Waals surface area contributed by atoms with E-state index in [1.165, 1.54) is 17.5 Å². The Kier molecular flexibility index (Phi) is 6.06. The van der Waals surface area contributed by atoms with Crippen molar-refractivity contribution in [2.75, 3.05) is 12.4 Å². The number of methoxy groups -OCH3 is 1. The van der Waals surface area contributed by atoms with Crippen LogP contribution in [0.2, 0.25) is 0 Å². The molecule has 0 atom stereocenters. The highest BCUT2D eigenvalue weighted by Gasteiger charge is 2.19. The Morgan fingerprint density at radius 1 is 1.00 bits per heavy atom. The first-order chi connectivity index (χ1) is 17.4. The van der Waals surface area contributed by atoms with Gasteiger partial charge in [-0.1, -0.05) is 42.5 Å². The largest absolute Gasteiger partial charge is 0.496 e. The number of furan rings is 1. The van der Waals surface area contributed by atoms with E-state index in [0.717, 1.165) is 38.6 Å². The zero-order valence-electron chi connectivity index (χ0n) is 20.6. The zero-order chi connectivity index (χ0) is 25.4. The number of benzene rings is 4. The first kappa shape index (κ1) is 23.4. The average molecular weight is 480 g/mol. The lowest BCUT2D eigenvalue weighted by Crippen LogP contribution is -2.09. The second kappa shape index (κ2) is 9.34.